The van der Waals surface area contributed by atoms with Gasteiger partial charge in [-0.3, -0.25) is 9.48 Å². The molecule has 0 amide bonds. The number of benzene rings is 1. The number of aromatic nitrogens is 3. The van der Waals surface area contributed by atoms with Crippen molar-refractivity contribution in [3.63, 3.8) is 0 Å². The predicted octanol–water partition coefficient (Wildman–Crippen LogP) is 2.66. The third-order valence-corrected chi connectivity index (χ3v) is 7.36. The summed E-state index contributed by atoms with van der Waals surface area (Å²) < 4.78 is 68.4. The number of carboxylic acids is 1. The second-order valence-electron chi connectivity index (χ2n) is 7.91. The first-order valence-electron chi connectivity index (χ1n) is 9.83. The van der Waals surface area contributed by atoms with Crippen molar-refractivity contribution in [1.29, 1.82) is 0 Å². The highest BCUT2D eigenvalue weighted by atomic mass is 32.2. The molecule has 3 aromatic rings. The number of pyridine rings is 1. The molecule has 0 unspecified atom stereocenters. The van der Waals surface area contributed by atoms with E-state index in [4.69, 9.17) is 0 Å². The molecule has 1 aliphatic rings. The molecule has 0 bridgehead atoms. The monoisotopic (exact) mass is 484 g/mol. The molecule has 0 aliphatic carbocycles. The number of hydrogen-bond donors (Lipinski definition) is 2. The van der Waals surface area contributed by atoms with Crippen LogP contribution in [0.15, 0.2) is 41.6 Å². The number of carbonyl (C=O) groups is 1. The van der Waals surface area contributed by atoms with Crippen LogP contribution in [0.3, 0.4) is 0 Å². The number of sulfonamides is 1. The number of carboxylic acid groups (broad SMARTS) is 1. The van der Waals surface area contributed by atoms with Crippen LogP contribution in [0.1, 0.15) is 24.2 Å². The summed E-state index contributed by atoms with van der Waals surface area (Å²) in [5.41, 5.74) is -0.735. The van der Waals surface area contributed by atoms with E-state index in [2.05, 4.69) is 10.1 Å². The predicted molar refractivity (Wildman–Crippen MR) is 109 cm³/mol. The lowest BCUT2D eigenvalue weighted by molar-refractivity contribution is -0.138. The van der Waals surface area contributed by atoms with Crippen molar-refractivity contribution >= 4 is 26.9 Å². The van der Waals surface area contributed by atoms with Gasteiger partial charge < -0.3 is 10.2 Å². The van der Waals surface area contributed by atoms with E-state index in [1.54, 1.807) is 6.92 Å². The minimum Gasteiger partial charge on any atom is -0.506 e. The number of nitrogens with zero attached hydrogens (tertiary/aromatic N) is 4. The first-order chi connectivity index (χ1) is 15.4. The van der Waals surface area contributed by atoms with Crippen LogP contribution >= 0.6 is 0 Å². The van der Waals surface area contributed by atoms with Crippen LogP contribution in [-0.2, 0) is 27.4 Å². The number of alkyl halides is 3. The fourth-order valence-corrected chi connectivity index (χ4v) is 5.45. The Balaban J connectivity index is 1.76. The minimum atomic E-state index is -4.61. The summed E-state index contributed by atoms with van der Waals surface area (Å²) in [6.07, 6.45) is -4.10. The second-order valence-corrected chi connectivity index (χ2v) is 9.80. The van der Waals surface area contributed by atoms with Crippen LogP contribution in [0.5, 0.6) is 5.75 Å². The van der Waals surface area contributed by atoms with Gasteiger partial charge in [0.05, 0.1) is 35.4 Å². The minimum absolute atomic E-state index is 0.0597. The van der Waals surface area contributed by atoms with Crippen LogP contribution in [-0.4, -0.2) is 56.8 Å². The van der Waals surface area contributed by atoms with Crippen molar-refractivity contribution in [2.75, 3.05) is 13.1 Å². The van der Waals surface area contributed by atoms with Gasteiger partial charge >= 0.3 is 12.1 Å². The van der Waals surface area contributed by atoms with Gasteiger partial charge in [-0.25, -0.2) is 13.4 Å². The lowest BCUT2D eigenvalue weighted by atomic mass is 10.1. The SMILES string of the molecule is C[C@@H]1CN(S(=O)(=O)c2ccc(O)cn2)C[C@@H]1n1nc(CC(=O)O)c2ccc(C(F)(F)F)cc21. The van der Waals surface area contributed by atoms with E-state index in [9.17, 15) is 36.6 Å². The van der Waals surface area contributed by atoms with Crippen molar-refractivity contribution in [2.45, 2.75) is 30.6 Å². The Bertz CT molecular complexity index is 1320. The number of hydrogen-bond acceptors (Lipinski definition) is 6. The molecule has 13 heteroatoms. The Hall–Kier alpha value is -3.19. The van der Waals surface area contributed by atoms with E-state index < -0.39 is 40.2 Å². The molecule has 0 spiro atoms. The van der Waals surface area contributed by atoms with Crippen molar-refractivity contribution in [3.05, 3.63) is 47.8 Å². The van der Waals surface area contributed by atoms with Gasteiger partial charge in [0, 0.05) is 18.5 Å². The van der Waals surface area contributed by atoms with Gasteiger partial charge in [0.15, 0.2) is 5.03 Å². The van der Waals surface area contributed by atoms with Gasteiger partial charge in [-0.15, -0.1) is 0 Å². The molecule has 176 valence electrons. The van der Waals surface area contributed by atoms with E-state index in [-0.39, 0.29) is 46.4 Å². The molecule has 1 fully saturated rings. The van der Waals surface area contributed by atoms with E-state index in [0.29, 0.717) is 0 Å². The molecule has 4 rings (SSSR count). The van der Waals surface area contributed by atoms with Crippen LogP contribution < -0.4 is 0 Å². The Kier molecular flexibility index (Phi) is 5.56. The highest BCUT2D eigenvalue weighted by Crippen LogP contribution is 2.37. The van der Waals surface area contributed by atoms with Crippen molar-refractivity contribution in [3.8, 4) is 5.75 Å². The van der Waals surface area contributed by atoms with Gasteiger partial charge in [-0.05, 0) is 30.2 Å². The second kappa shape index (κ2) is 7.99. The van der Waals surface area contributed by atoms with E-state index in [1.807, 2.05) is 0 Å². The molecule has 3 heterocycles. The zero-order valence-electron chi connectivity index (χ0n) is 17.2. The normalized spacial score (nSPS) is 19.9. The molecule has 1 aliphatic heterocycles. The lowest BCUT2D eigenvalue weighted by Crippen LogP contribution is -2.30. The molecule has 1 saturated heterocycles. The average Bonchev–Trinajstić information content (AvgIpc) is 3.28. The van der Waals surface area contributed by atoms with Gasteiger partial charge in [0.2, 0.25) is 0 Å². The molecule has 0 saturated carbocycles. The van der Waals surface area contributed by atoms with E-state index in [1.165, 1.54) is 16.8 Å². The number of aliphatic carboxylic acids is 1. The number of fused-ring (bicyclic) bond motifs is 1. The molecular formula is C20H19F3N4O5S. The van der Waals surface area contributed by atoms with Crippen molar-refractivity contribution < 1.29 is 36.6 Å². The standard InChI is InChI=1S/C20H19F3N4O5S/c1-11-9-26(33(31,32)18-5-3-13(28)8-24-18)10-17(11)27-16-6-12(20(21,22)23)2-4-14(16)15(25-27)7-19(29)30/h2-6,8,11,17,28H,7,9-10H2,1H3,(H,29,30)/t11-,17+/m1/s1. The van der Waals surface area contributed by atoms with Gasteiger partial charge in [0.25, 0.3) is 10.0 Å². The summed E-state index contributed by atoms with van der Waals surface area (Å²) in [5.74, 6) is -1.73. The molecule has 0 radical (unpaired) electrons. The summed E-state index contributed by atoms with van der Waals surface area (Å²) in [5, 5.41) is 22.8. The molecule has 2 N–H and O–H groups in total. The number of halogens is 3. The third kappa shape index (κ3) is 4.25. The van der Waals surface area contributed by atoms with Crippen LogP contribution in [0, 0.1) is 5.92 Å². The van der Waals surface area contributed by atoms with Gasteiger partial charge in [0.1, 0.15) is 5.75 Å². The molecule has 33 heavy (non-hydrogen) atoms. The summed E-state index contributed by atoms with van der Waals surface area (Å²) >= 11 is 0. The Morgan fingerprint density at radius 2 is 1.94 bits per heavy atom. The maximum atomic E-state index is 13.3. The number of aromatic hydroxyl groups is 1. The molecule has 2 atom stereocenters. The Morgan fingerprint density at radius 1 is 1.21 bits per heavy atom. The fourth-order valence-electron chi connectivity index (χ4n) is 3.98. The molecule has 1 aromatic carbocycles. The average molecular weight is 484 g/mol. The van der Waals surface area contributed by atoms with E-state index in [0.717, 1.165) is 28.7 Å². The Labute approximate surface area is 186 Å². The van der Waals surface area contributed by atoms with E-state index >= 15 is 0 Å². The first-order valence-corrected chi connectivity index (χ1v) is 11.3. The van der Waals surface area contributed by atoms with Crippen LogP contribution in [0.4, 0.5) is 13.2 Å². The maximum Gasteiger partial charge on any atom is 0.416 e. The zero-order chi connectivity index (χ0) is 24.1. The maximum absolute atomic E-state index is 13.3. The summed E-state index contributed by atoms with van der Waals surface area (Å²) in [6, 6.07) is 4.67. The Morgan fingerprint density at radius 3 is 2.55 bits per heavy atom. The summed E-state index contributed by atoms with van der Waals surface area (Å²) in [6.45, 7) is 1.71. The lowest BCUT2D eigenvalue weighted by Gasteiger charge is -2.17. The summed E-state index contributed by atoms with van der Waals surface area (Å²) in [4.78, 5) is 15.0. The fraction of sp³-hybridized carbons (Fsp3) is 0.350. The summed E-state index contributed by atoms with van der Waals surface area (Å²) in [7, 11) is -4.03. The van der Waals surface area contributed by atoms with Crippen LogP contribution in [0.25, 0.3) is 10.9 Å². The van der Waals surface area contributed by atoms with Gasteiger partial charge in [-0.1, -0.05) is 13.0 Å². The quantitative estimate of drug-likeness (QED) is 0.570. The smallest absolute Gasteiger partial charge is 0.416 e. The first kappa shape index (κ1) is 23.0. The highest BCUT2D eigenvalue weighted by molar-refractivity contribution is 7.89. The zero-order valence-corrected chi connectivity index (χ0v) is 18.0. The van der Waals surface area contributed by atoms with Crippen LogP contribution in [0.2, 0.25) is 0 Å². The molecule has 9 nitrogen and oxygen atoms in total. The molecule has 2 aromatic heterocycles. The largest absolute Gasteiger partial charge is 0.506 e. The van der Waals surface area contributed by atoms with Crippen molar-refractivity contribution in [1.82, 2.24) is 19.1 Å². The van der Waals surface area contributed by atoms with Crippen molar-refractivity contribution in [2.24, 2.45) is 5.92 Å². The van der Waals surface area contributed by atoms with Gasteiger partial charge in [-0.2, -0.15) is 22.6 Å². The topological polar surface area (TPSA) is 126 Å². The number of rotatable bonds is 5. The third-order valence-electron chi connectivity index (χ3n) is 5.61. The highest BCUT2D eigenvalue weighted by Gasteiger charge is 2.40. The molecular weight excluding hydrogens is 465 g/mol.